The van der Waals surface area contributed by atoms with Crippen LogP contribution in [0.25, 0.3) is 0 Å². The van der Waals surface area contributed by atoms with Crippen LogP contribution in [0.15, 0.2) is 121 Å². The van der Waals surface area contributed by atoms with Crippen molar-refractivity contribution in [3.63, 3.8) is 0 Å². The van der Waals surface area contributed by atoms with E-state index in [4.69, 9.17) is 4.74 Å². The molecule has 4 aromatic rings. The Morgan fingerprint density at radius 2 is 0.933 bits per heavy atom. The summed E-state index contributed by atoms with van der Waals surface area (Å²) in [5.74, 6) is 0.0494. The van der Waals surface area contributed by atoms with Crippen LogP contribution in [0.2, 0.25) is 0 Å². The van der Waals surface area contributed by atoms with Crippen LogP contribution in [0.4, 0.5) is 0 Å². The van der Waals surface area contributed by atoms with Gasteiger partial charge in [0.25, 0.3) is 0 Å². The van der Waals surface area contributed by atoms with E-state index >= 15 is 0 Å². The van der Waals surface area contributed by atoms with Crippen LogP contribution in [0.1, 0.15) is 22.3 Å². The van der Waals surface area contributed by atoms with Gasteiger partial charge in [0.1, 0.15) is 12.2 Å². The average Bonchev–Trinajstić information content (AvgIpc) is 2.82. The van der Waals surface area contributed by atoms with Crippen molar-refractivity contribution in [2.75, 3.05) is 6.61 Å². The lowest BCUT2D eigenvalue weighted by atomic mass is 9.80. The maximum absolute atomic E-state index is 12.8. The van der Waals surface area contributed by atoms with E-state index in [2.05, 4.69) is 36.4 Å². The Hall–Kier alpha value is -3.49. The van der Waals surface area contributed by atoms with E-state index in [9.17, 15) is 4.79 Å². The summed E-state index contributed by atoms with van der Waals surface area (Å²) >= 11 is 0. The summed E-state index contributed by atoms with van der Waals surface area (Å²) in [6.45, 7) is 0.0214. The first kappa shape index (κ1) is 19.8. The van der Waals surface area contributed by atoms with E-state index in [1.165, 1.54) is 0 Å². The smallest absolute Gasteiger partial charge is 0.162 e. The zero-order valence-corrected chi connectivity index (χ0v) is 16.8. The molecule has 0 N–H and O–H groups in total. The summed E-state index contributed by atoms with van der Waals surface area (Å²) in [6, 6.07) is 40.1. The average molecular weight is 392 g/mol. The highest BCUT2D eigenvalue weighted by Gasteiger charge is 2.37. The normalized spacial score (nSPS) is 11.2. The van der Waals surface area contributed by atoms with E-state index < -0.39 is 5.60 Å². The molecule has 0 fully saturated rings. The highest BCUT2D eigenvalue weighted by molar-refractivity contribution is 5.82. The SMILES string of the molecule is O=C(COC(c1ccccc1)(c1ccccc1)c1ccccc1)Cc1ccccc1. The monoisotopic (exact) mass is 392 g/mol. The van der Waals surface area contributed by atoms with Crippen molar-refractivity contribution in [1.29, 1.82) is 0 Å². The summed E-state index contributed by atoms with van der Waals surface area (Å²) in [7, 11) is 0. The summed E-state index contributed by atoms with van der Waals surface area (Å²) < 4.78 is 6.57. The molecular formula is C28H24O2. The zero-order valence-electron chi connectivity index (χ0n) is 16.8. The van der Waals surface area contributed by atoms with Gasteiger partial charge in [-0.15, -0.1) is 0 Å². The third-order valence-corrected chi connectivity index (χ3v) is 5.23. The van der Waals surface area contributed by atoms with Gasteiger partial charge in [-0.05, 0) is 22.3 Å². The molecule has 0 saturated heterocycles. The summed E-state index contributed by atoms with van der Waals surface area (Å²) in [5.41, 5.74) is 3.12. The third kappa shape index (κ3) is 4.24. The Kier molecular flexibility index (Phi) is 6.17. The largest absolute Gasteiger partial charge is 0.353 e. The third-order valence-electron chi connectivity index (χ3n) is 5.23. The number of hydrogen-bond donors (Lipinski definition) is 0. The Morgan fingerprint density at radius 1 is 0.567 bits per heavy atom. The molecule has 0 radical (unpaired) electrons. The maximum atomic E-state index is 12.8. The standard InChI is InChI=1S/C28H24O2/c29-27(21-23-13-5-1-6-14-23)22-30-28(24-15-7-2-8-16-24,25-17-9-3-10-18-25)26-19-11-4-12-20-26/h1-20H,21-22H2. The van der Waals surface area contributed by atoms with Gasteiger partial charge < -0.3 is 4.74 Å². The summed E-state index contributed by atoms with van der Waals surface area (Å²) in [5, 5.41) is 0. The van der Waals surface area contributed by atoms with Crippen molar-refractivity contribution in [1.82, 2.24) is 0 Å². The van der Waals surface area contributed by atoms with Crippen LogP contribution in [-0.2, 0) is 21.6 Å². The topological polar surface area (TPSA) is 26.3 Å². The van der Waals surface area contributed by atoms with Gasteiger partial charge in [-0.2, -0.15) is 0 Å². The molecule has 0 spiro atoms. The van der Waals surface area contributed by atoms with E-state index in [0.717, 1.165) is 22.3 Å². The minimum Gasteiger partial charge on any atom is -0.353 e. The van der Waals surface area contributed by atoms with Crippen molar-refractivity contribution in [2.45, 2.75) is 12.0 Å². The van der Waals surface area contributed by atoms with E-state index in [1.54, 1.807) is 0 Å². The first-order valence-electron chi connectivity index (χ1n) is 10.2. The lowest BCUT2D eigenvalue weighted by Crippen LogP contribution is -2.35. The second-order valence-electron chi connectivity index (χ2n) is 7.27. The number of rotatable bonds is 8. The molecule has 0 heterocycles. The number of hydrogen-bond acceptors (Lipinski definition) is 2. The molecule has 0 amide bonds. The van der Waals surface area contributed by atoms with Crippen LogP contribution < -0.4 is 0 Å². The van der Waals surface area contributed by atoms with Crippen LogP contribution in [0.3, 0.4) is 0 Å². The Balaban J connectivity index is 1.74. The fourth-order valence-corrected chi connectivity index (χ4v) is 3.83. The van der Waals surface area contributed by atoms with Gasteiger partial charge in [0.2, 0.25) is 0 Å². The molecule has 0 saturated carbocycles. The Bertz CT molecular complexity index is 962. The van der Waals surface area contributed by atoms with E-state index in [0.29, 0.717) is 6.42 Å². The Labute approximate surface area is 177 Å². The first-order chi connectivity index (χ1) is 14.8. The molecule has 0 unspecified atom stereocenters. The number of Topliss-reactive ketones (excluding diaryl/α,β-unsaturated/α-hetero) is 1. The maximum Gasteiger partial charge on any atom is 0.162 e. The molecule has 0 aliphatic rings. The molecule has 2 nitrogen and oxygen atoms in total. The van der Waals surface area contributed by atoms with Crippen molar-refractivity contribution in [2.24, 2.45) is 0 Å². The highest BCUT2D eigenvalue weighted by Crippen LogP contribution is 2.40. The zero-order chi connectivity index (χ0) is 20.7. The van der Waals surface area contributed by atoms with Crippen molar-refractivity contribution in [3.8, 4) is 0 Å². The highest BCUT2D eigenvalue weighted by atomic mass is 16.5. The minimum atomic E-state index is -0.865. The molecule has 0 aliphatic heterocycles. The molecule has 2 heteroatoms. The molecule has 0 aliphatic carbocycles. The summed E-state index contributed by atoms with van der Waals surface area (Å²) in [4.78, 5) is 12.8. The molecule has 0 atom stereocenters. The predicted octanol–water partition coefficient (Wildman–Crippen LogP) is 5.81. The molecule has 0 aromatic heterocycles. The van der Waals surface area contributed by atoms with Gasteiger partial charge in [0.15, 0.2) is 5.78 Å². The minimum absolute atomic E-state index is 0.0214. The second-order valence-corrected chi connectivity index (χ2v) is 7.27. The summed E-state index contributed by atoms with van der Waals surface area (Å²) in [6.07, 6.45) is 0.356. The molecule has 30 heavy (non-hydrogen) atoms. The van der Waals surface area contributed by atoms with Crippen LogP contribution >= 0.6 is 0 Å². The second kappa shape index (κ2) is 9.34. The lowest BCUT2D eigenvalue weighted by molar-refractivity contribution is -0.126. The number of benzene rings is 4. The molecule has 4 rings (SSSR count). The predicted molar refractivity (Wildman–Crippen MR) is 120 cm³/mol. The quantitative estimate of drug-likeness (QED) is 0.354. The fourth-order valence-electron chi connectivity index (χ4n) is 3.83. The molecule has 0 bridgehead atoms. The number of carbonyl (C=O) groups is 1. The number of carbonyl (C=O) groups excluding carboxylic acids is 1. The molecular weight excluding hydrogens is 368 g/mol. The van der Waals surface area contributed by atoms with E-state index in [-0.39, 0.29) is 12.4 Å². The van der Waals surface area contributed by atoms with Crippen LogP contribution in [0, 0.1) is 0 Å². The number of ether oxygens (including phenoxy) is 1. The van der Waals surface area contributed by atoms with Gasteiger partial charge in [-0.3, -0.25) is 4.79 Å². The van der Waals surface area contributed by atoms with Crippen molar-refractivity contribution in [3.05, 3.63) is 144 Å². The molecule has 148 valence electrons. The van der Waals surface area contributed by atoms with Crippen LogP contribution in [-0.4, -0.2) is 12.4 Å². The van der Waals surface area contributed by atoms with Gasteiger partial charge in [0, 0.05) is 6.42 Å². The molecule has 4 aromatic carbocycles. The van der Waals surface area contributed by atoms with Gasteiger partial charge in [-0.1, -0.05) is 121 Å². The van der Waals surface area contributed by atoms with Crippen molar-refractivity contribution < 1.29 is 9.53 Å². The first-order valence-corrected chi connectivity index (χ1v) is 10.2. The van der Waals surface area contributed by atoms with Gasteiger partial charge in [-0.25, -0.2) is 0 Å². The van der Waals surface area contributed by atoms with Gasteiger partial charge >= 0.3 is 0 Å². The van der Waals surface area contributed by atoms with Crippen LogP contribution in [0.5, 0.6) is 0 Å². The Morgan fingerprint density at radius 3 is 1.33 bits per heavy atom. The lowest BCUT2D eigenvalue weighted by Gasteiger charge is -2.35. The van der Waals surface area contributed by atoms with Gasteiger partial charge in [0.05, 0.1) is 0 Å². The fraction of sp³-hybridized carbons (Fsp3) is 0.107. The van der Waals surface area contributed by atoms with Crippen molar-refractivity contribution >= 4 is 5.78 Å². The number of ketones is 1. The van der Waals surface area contributed by atoms with E-state index in [1.807, 2.05) is 84.9 Å².